The van der Waals surface area contributed by atoms with Crippen LogP contribution in [0.2, 0.25) is 0 Å². The molecule has 0 radical (unpaired) electrons. The zero-order chi connectivity index (χ0) is 34.7. The van der Waals surface area contributed by atoms with Gasteiger partial charge >= 0.3 is 0 Å². The Hall–Kier alpha value is -6.49. The van der Waals surface area contributed by atoms with E-state index in [4.69, 9.17) is 9.97 Å². The molecule has 0 atom stereocenters. The highest BCUT2D eigenvalue weighted by atomic mass is 32.2. The summed E-state index contributed by atoms with van der Waals surface area (Å²) in [6, 6.07) is 64.0. The lowest BCUT2D eigenvalue weighted by Gasteiger charge is -2.40. The standard InChI is InChI=1S/C49H29N3S/c1-2-15-31(16-3-1)45-35-20-8-12-24-41(35)50-48(51-45)52-42-29-26-30-14-4-5-17-32(30)44(42)36-27-28-40-47(46(36)52)53-43-25-13-11-23-39(43)49(40)37-21-9-6-18-33(37)34-19-7-10-22-38(34)49/h1-29H. The van der Waals surface area contributed by atoms with E-state index in [1.165, 1.54) is 64.7 Å². The lowest BCUT2D eigenvalue weighted by Crippen LogP contribution is -2.32. The van der Waals surface area contributed by atoms with E-state index in [9.17, 15) is 0 Å². The maximum atomic E-state index is 5.49. The molecular formula is C49H29N3S. The van der Waals surface area contributed by atoms with E-state index in [1.807, 2.05) is 11.8 Å². The lowest BCUT2D eigenvalue weighted by molar-refractivity contribution is 0.724. The molecule has 3 heterocycles. The number of nitrogens with zero attached hydrogens (tertiary/aromatic N) is 3. The van der Waals surface area contributed by atoms with Crippen molar-refractivity contribution in [2.24, 2.45) is 0 Å². The van der Waals surface area contributed by atoms with Crippen molar-refractivity contribution in [1.82, 2.24) is 14.5 Å². The van der Waals surface area contributed by atoms with E-state index in [-0.39, 0.29) is 0 Å². The van der Waals surface area contributed by atoms with Crippen molar-refractivity contribution in [3.05, 3.63) is 198 Å². The molecule has 0 bridgehead atoms. The van der Waals surface area contributed by atoms with Gasteiger partial charge in [0.15, 0.2) is 0 Å². The van der Waals surface area contributed by atoms with Crippen molar-refractivity contribution >= 4 is 55.2 Å². The normalized spacial score (nSPS) is 13.7. The molecule has 0 saturated carbocycles. The van der Waals surface area contributed by atoms with Crippen LogP contribution in [0.3, 0.4) is 0 Å². The summed E-state index contributed by atoms with van der Waals surface area (Å²) in [6.07, 6.45) is 0. The van der Waals surface area contributed by atoms with E-state index in [0.717, 1.165) is 33.2 Å². The van der Waals surface area contributed by atoms with Crippen LogP contribution in [0, 0.1) is 0 Å². The van der Waals surface area contributed by atoms with Crippen LogP contribution in [0.1, 0.15) is 22.3 Å². The van der Waals surface area contributed by atoms with Crippen molar-refractivity contribution in [3.63, 3.8) is 0 Å². The maximum Gasteiger partial charge on any atom is 0.235 e. The van der Waals surface area contributed by atoms with Gasteiger partial charge < -0.3 is 0 Å². The smallest absolute Gasteiger partial charge is 0.235 e. The third-order valence-electron chi connectivity index (χ3n) is 11.5. The summed E-state index contributed by atoms with van der Waals surface area (Å²) in [6.45, 7) is 0. The third kappa shape index (κ3) is 3.80. The minimum atomic E-state index is -0.485. The van der Waals surface area contributed by atoms with Crippen molar-refractivity contribution in [1.29, 1.82) is 0 Å². The summed E-state index contributed by atoms with van der Waals surface area (Å²) >= 11 is 1.88. The predicted molar refractivity (Wildman–Crippen MR) is 218 cm³/mol. The second kappa shape index (κ2) is 10.8. The Morgan fingerprint density at radius 1 is 0.472 bits per heavy atom. The maximum absolute atomic E-state index is 5.49. The van der Waals surface area contributed by atoms with Gasteiger partial charge in [-0.15, -0.1) is 0 Å². The third-order valence-corrected chi connectivity index (χ3v) is 12.7. The van der Waals surface area contributed by atoms with Gasteiger partial charge in [-0.2, -0.15) is 0 Å². The number of fused-ring (bicyclic) bond motifs is 16. The highest BCUT2D eigenvalue weighted by Gasteiger charge is 2.50. The summed E-state index contributed by atoms with van der Waals surface area (Å²) in [5.41, 5.74) is 12.6. The van der Waals surface area contributed by atoms with Crippen LogP contribution in [0.5, 0.6) is 0 Å². The Labute approximate surface area is 310 Å². The van der Waals surface area contributed by atoms with Crippen LogP contribution in [-0.2, 0) is 5.41 Å². The molecule has 12 rings (SSSR count). The van der Waals surface area contributed by atoms with E-state index in [2.05, 4.69) is 180 Å². The largest absolute Gasteiger partial charge is 0.277 e. The van der Waals surface area contributed by atoms with E-state index in [0.29, 0.717) is 5.95 Å². The molecule has 1 aliphatic heterocycles. The Morgan fingerprint density at radius 2 is 1.13 bits per heavy atom. The molecule has 10 aromatic rings. The average molecular weight is 692 g/mol. The molecule has 246 valence electrons. The first-order chi connectivity index (χ1) is 26.3. The van der Waals surface area contributed by atoms with Crippen LogP contribution >= 0.6 is 11.8 Å². The fourth-order valence-electron chi connectivity index (χ4n) is 9.37. The van der Waals surface area contributed by atoms with E-state index < -0.39 is 5.41 Å². The van der Waals surface area contributed by atoms with Gasteiger partial charge in [-0.1, -0.05) is 169 Å². The summed E-state index contributed by atoms with van der Waals surface area (Å²) in [7, 11) is 0. The number of hydrogen-bond donors (Lipinski definition) is 0. The SMILES string of the molecule is c1ccc(-c2nc(-n3c4ccc5ccccc5c4c4ccc5c(c43)Sc3ccccc3C53c4ccccc4-c4ccccc43)nc3ccccc23)cc1. The fraction of sp³-hybridized carbons (Fsp3) is 0.0204. The van der Waals surface area contributed by atoms with Crippen LogP contribution in [0.15, 0.2) is 186 Å². The summed E-state index contributed by atoms with van der Waals surface area (Å²) in [5, 5.41) is 5.91. The first-order valence-corrected chi connectivity index (χ1v) is 18.9. The van der Waals surface area contributed by atoms with Gasteiger partial charge in [-0.3, -0.25) is 4.57 Å². The van der Waals surface area contributed by atoms with Crippen LogP contribution in [-0.4, -0.2) is 14.5 Å². The topological polar surface area (TPSA) is 30.7 Å². The quantitative estimate of drug-likeness (QED) is 0.181. The van der Waals surface area contributed by atoms with Gasteiger partial charge in [0, 0.05) is 31.5 Å². The average Bonchev–Trinajstić information content (AvgIpc) is 3.73. The van der Waals surface area contributed by atoms with Gasteiger partial charge in [0.2, 0.25) is 5.95 Å². The zero-order valence-corrected chi connectivity index (χ0v) is 29.3. The van der Waals surface area contributed by atoms with Crippen LogP contribution in [0.4, 0.5) is 0 Å². The van der Waals surface area contributed by atoms with Crippen LogP contribution in [0.25, 0.3) is 71.8 Å². The Kier molecular flexibility index (Phi) is 5.92. The molecule has 1 spiro atoms. The van der Waals surface area contributed by atoms with Gasteiger partial charge in [0.25, 0.3) is 0 Å². The number of benzene rings is 8. The van der Waals surface area contributed by atoms with Crippen molar-refractivity contribution in [3.8, 4) is 28.3 Å². The predicted octanol–water partition coefficient (Wildman–Crippen LogP) is 12.4. The molecule has 8 aromatic carbocycles. The molecule has 2 aromatic heterocycles. The first-order valence-electron chi connectivity index (χ1n) is 18.1. The van der Waals surface area contributed by atoms with E-state index >= 15 is 0 Å². The molecule has 3 nitrogen and oxygen atoms in total. The molecule has 53 heavy (non-hydrogen) atoms. The number of hydrogen-bond acceptors (Lipinski definition) is 3. The molecule has 0 saturated heterocycles. The summed E-state index contributed by atoms with van der Waals surface area (Å²) in [5.74, 6) is 0.673. The van der Waals surface area contributed by atoms with Gasteiger partial charge in [-0.05, 0) is 62.4 Å². The van der Waals surface area contributed by atoms with Crippen LogP contribution < -0.4 is 0 Å². The molecule has 4 heteroatoms. The molecule has 0 fully saturated rings. The Bertz CT molecular complexity index is 3110. The lowest BCUT2D eigenvalue weighted by atomic mass is 9.67. The van der Waals surface area contributed by atoms with Crippen molar-refractivity contribution in [2.75, 3.05) is 0 Å². The van der Waals surface area contributed by atoms with Gasteiger partial charge in [0.1, 0.15) is 0 Å². The minimum absolute atomic E-state index is 0.485. The van der Waals surface area contributed by atoms with Gasteiger partial charge in [0.05, 0.1) is 27.7 Å². The molecular weight excluding hydrogens is 663 g/mol. The summed E-state index contributed by atoms with van der Waals surface area (Å²) < 4.78 is 2.36. The highest BCUT2D eigenvalue weighted by Crippen LogP contribution is 2.63. The zero-order valence-electron chi connectivity index (χ0n) is 28.5. The first kappa shape index (κ1) is 29.1. The van der Waals surface area contributed by atoms with Crippen molar-refractivity contribution in [2.45, 2.75) is 15.2 Å². The Morgan fingerprint density at radius 3 is 1.94 bits per heavy atom. The molecule has 1 aliphatic carbocycles. The Balaban J connectivity index is 1.28. The number of aromatic nitrogens is 3. The highest BCUT2D eigenvalue weighted by molar-refractivity contribution is 7.99. The second-order valence-corrected chi connectivity index (χ2v) is 15.1. The monoisotopic (exact) mass is 691 g/mol. The van der Waals surface area contributed by atoms with Gasteiger partial charge in [-0.25, -0.2) is 9.97 Å². The number of para-hydroxylation sites is 1. The summed E-state index contributed by atoms with van der Waals surface area (Å²) in [4.78, 5) is 13.4. The molecule has 0 N–H and O–H groups in total. The van der Waals surface area contributed by atoms with Crippen molar-refractivity contribution < 1.29 is 0 Å². The van der Waals surface area contributed by atoms with E-state index in [1.54, 1.807) is 0 Å². The second-order valence-electron chi connectivity index (χ2n) is 14.0. The molecule has 0 amide bonds. The molecule has 0 unspecified atom stereocenters. The minimum Gasteiger partial charge on any atom is -0.277 e. The fourth-order valence-corrected chi connectivity index (χ4v) is 10.7. The number of rotatable bonds is 2. The molecule has 2 aliphatic rings.